The Morgan fingerprint density at radius 1 is 0.878 bits per heavy atom. The van der Waals surface area contributed by atoms with Crippen molar-refractivity contribution in [3.63, 3.8) is 0 Å². The van der Waals surface area contributed by atoms with E-state index >= 15 is 0 Å². The maximum Gasteiger partial charge on any atom is 0.251 e. The second kappa shape index (κ2) is 15.7. The third kappa shape index (κ3) is 9.16. The fourth-order valence-corrected chi connectivity index (χ4v) is 7.94. The summed E-state index contributed by atoms with van der Waals surface area (Å²) in [7, 11) is -3.99. The Balaban J connectivity index is 1.99. The summed E-state index contributed by atoms with van der Waals surface area (Å²) in [5.74, 6) is -2.21. The summed E-state index contributed by atoms with van der Waals surface area (Å²) in [6.45, 7) is 6.83. The number of rotatable bonds is 16. The number of halogens is 2. The lowest BCUT2D eigenvalue weighted by Gasteiger charge is -2.32. The second-order valence-corrected chi connectivity index (χ2v) is 12.7. The lowest BCUT2D eigenvalue weighted by atomic mass is 10.0. The van der Waals surface area contributed by atoms with E-state index in [2.05, 4.69) is 34.7 Å². The molecule has 1 amide bonds. The number of carbonyl (C=O) groups is 1. The van der Waals surface area contributed by atoms with Crippen LogP contribution in [0.5, 0.6) is 0 Å². The fraction of sp³-hybridized carbons (Fsp3) is 0.438. The van der Waals surface area contributed by atoms with Crippen LogP contribution in [-0.2, 0) is 22.8 Å². The van der Waals surface area contributed by atoms with Crippen molar-refractivity contribution in [2.24, 2.45) is 0 Å². The van der Waals surface area contributed by atoms with Crippen molar-refractivity contribution in [1.29, 1.82) is 0 Å². The van der Waals surface area contributed by atoms with Crippen molar-refractivity contribution in [1.82, 2.24) is 15.6 Å². The molecule has 0 saturated heterocycles. The van der Waals surface area contributed by atoms with Gasteiger partial charge in [0.15, 0.2) is 9.84 Å². The molecule has 1 aromatic heterocycles. The zero-order valence-electron chi connectivity index (χ0n) is 24.1. The number of aryl methyl sites for hydroxylation is 1. The van der Waals surface area contributed by atoms with E-state index in [-0.39, 0.29) is 12.0 Å². The number of aromatic nitrogens is 1. The van der Waals surface area contributed by atoms with E-state index in [4.69, 9.17) is 0 Å². The summed E-state index contributed by atoms with van der Waals surface area (Å²) in [5, 5.41) is 4.20. The van der Waals surface area contributed by atoms with Crippen molar-refractivity contribution >= 4 is 15.7 Å². The highest BCUT2D eigenvalue weighted by Crippen LogP contribution is 2.35. The molecule has 3 aromatic rings. The van der Waals surface area contributed by atoms with E-state index in [1.807, 2.05) is 26.0 Å². The predicted molar refractivity (Wildman–Crippen MR) is 159 cm³/mol. The number of hydrogen-bond acceptors (Lipinski definition) is 5. The number of sulfone groups is 1. The Kier molecular flexibility index (Phi) is 12.4. The molecule has 41 heavy (non-hydrogen) atoms. The van der Waals surface area contributed by atoms with Gasteiger partial charge in [0.25, 0.3) is 5.91 Å². The maximum atomic E-state index is 14.5. The molecule has 1 unspecified atom stereocenters. The number of nitrogens with one attached hydrogen (secondary N) is 2. The molecule has 0 spiro atoms. The number of nitrogens with zero attached hydrogens (tertiary/aromatic N) is 1. The van der Waals surface area contributed by atoms with Gasteiger partial charge in [-0.15, -0.1) is 0 Å². The highest BCUT2D eigenvalue weighted by Gasteiger charge is 2.40. The van der Waals surface area contributed by atoms with E-state index in [0.29, 0.717) is 44.3 Å². The fourth-order valence-electron chi connectivity index (χ4n) is 5.22. The molecule has 2 N–H and O–H groups in total. The minimum atomic E-state index is -3.99. The van der Waals surface area contributed by atoms with E-state index in [1.54, 1.807) is 0 Å². The van der Waals surface area contributed by atoms with Gasteiger partial charge in [0.2, 0.25) is 0 Å². The lowest BCUT2D eigenvalue weighted by Crippen LogP contribution is -2.46. The van der Waals surface area contributed by atoms with Gasteiger partial charge in [-0.2, -0.15) is 0 Å². The van der Waals surface area contributed by atoms with Crippen LogP contribution in [0.2, 0.25) is 0 Å². The van der Waals surface area contributed by atoms with Gasteiger partial charge in [0, 0.05) is 30.6 Å². The van der Waals surface area contributed by atoms with Gasteiger partial charge >= 0.3 is 0 Å². The summed E-state index contributed by atoms with van der Waals surface area (Å²) in [5.41, 5.74) is 2.61. The van der Waals surface area contributed by atoms with Crippen LogP contribution < -0.4 is 10.6 Å². The molecule has 0 aliphatic rings. The molecule has 0 aliphatic heterocycles. The predicted octanol–water partition coefficient (Wildman–Crippen LogP) is 6.33. The van der Waals surface area contributed by atoms with Gasteiger partial charge in [-0.1, -0.05) is 57.9 Å². The molecule has 0 bridgehead atoms. The van der Waals surface area contributed by atoms with E-state index in [1.165, 1.54) is 30.1 Å². The van der Waals surface area contributed by atoms with Gasteiger partial charge < -0.3 is 10.6 Å². The first kappa shape index (κ1) is 32.3. The Hall–Kier alpha value is -3.17. The van der Waals surface area contributed by atoms with Gasteiger partial charge in [-0.05, 0) is 73.2 Å². The van der Waals surface area contributed by atoms with Crippen LogP contribution in [0.4, 0.5) is 8.78 Å². The van der Waals surface area contributed by atoms with Crippen LogP contribution in [0.25, 0.3) is 0 Å². The summed E-state index contributed by atoms with van der Waals surface area (Å²) < 4.78 is 57.5. The summed E-state index contributed by atoms with van der Waals surface area (Å²) in [6, 6.07) is 13.1. The number of hydrogen-bond donors (Lipinski definition) is 2. The van der Waals surface area contributed by atoms with E-state index in [0.717, 1.165) is 30.2 Å². The van der Waals surface area contributed by atoms with E-state index < -0.39 is 43.9 Å². The Morgan fingerprint density at radius 2 is 1.51 bits per heavy atom. The number of carbonyl (C=O) groups excluding carboxylic acids is 1. The van der Waals surface area contributed by atoms with Crippen LogP contribution in [0.3, 0.4) is 0 Å². The van der Waals surface area contributed by atoms with Crippen molar-refractivity contribution < 1.29 is 22.0 Å². The van der Waals surface area contributed by atoms with Crippen molar-refractivity contribution in [2.45, 2.75) is 82.4 Å². The first-order valence-corrected chi connectivity index (χ1v) is 16.0. The average molecular weight is 586 g/mol. The Bertz CT molecular complexity index is 1340. The molecule has 0 radical (unpaired) electrons. The van der Waals surface area contributed by atoms with Crippen LogP contribution >= 0.6 is 0 Å². The number of benzene rings is 2. The lowest BCUT2D eigenvalue weighted by molar-refractivity contribution is 0.0933. The van der Waals surface area contributed by atoms with Gasteiger partial charge in [-0.3, -0.25) is 9.78 Å². The molecular formula is C32H41F2N3O3S. The average Bonchev–Trinajstić information content (AvgIpc) is 2.95. The second-order valence-electron chi connectivity index (χ2n) is 10.4. The highest BCUT2D eigenvalue weighted by molar-refractivity contribution is 7.92. The molecule has 0 fully saturated rings. The third-order valence-electron chi connectivity index (χ3n) is 7.24. The summed E-state index contributed by atoms with van der Waals surface area (Å²) in [6.07, 6.45) is 6.20. The standard InChI is InChI=1S/C32H41F2N3O3S/c1-4-8-29(9-5-2)41(39,40)31(26-19-27(33)21-28(34)20-26)30(37-32(38)25-12-15-35-16-13-25)14-17-36-22-24-11-7-10-23(6-3)18-24/h7,10-13,15-16,18-21,29-31,36H,4-6,8-9,14,17,22H2,1-3H3,(H,37,38)/t30-,31?/m0/s1. The van der Waals surface area contributed by atoms with Gasteiger partial charge in [0.1, 0.15) is 16.9 Å². The first-order valence-electron chi connectivity index (χ1n) is 14.4. The minimum Gasteiger partial charge on any atom is -0.348 e. The van der Waals surface area contributed by atoms with Crippen LogP contribution in [0.15, 0.2) is 67.0 Å². The molecule has 2 aromatic carbocycles. The molecule has 1 heterocycles. The van der Waals surface area contributed by atoms with E-state index in [9.17, 15) is 22.0 Å². The van der Waals surface area contributed by atoms with Crippen molar-refractivity contribution in [3.05, 3.63) is 101 Å². The smallest absolute Gasteiger partial charge is 0.251 e. The third-order valence-corrected chi connectivity index (χ3v) is 9.95. The SMILES string of the molecule is CCCC(CCC)S(=O)(=O)C(c1cc(F)cc(F)c1)[C@H](CCNCc1cccc(CC)c1)NC(=O)c1ccncc1. The Labute approximate surface area is 242 Å². The molecule has 0 saturated carbocycles. The molecule has 222 valence electrons. The largest absolute Gasteiger partial charge is 0.348 e. The first-order chi connectivity index (χ1) is 19.7. The minimum absolute atomic E-state index is 0.00428. The number of pyridine rings is 1. The van der Waals surface area contributed by atoms with Gasteiger partial charge in [0.05, 0.1) is 11.3 Å². The topological polar surface area (TPSA) is 88.2 Å². The normalized spacial score (nSPS) is 13.2. The molecule has 9 heteroatoms. The zero-order chi connectivity index (χ0) is 29.8. The summed E-state index contributed by atoms with van der Waals surface area (Å²) >= 11 is 0. The van der Waals surface area contributed by atoms with Crippen LogP contribution in [0, 0.1) is 11.6 Å². The van der Waals surface area contributed by atoms with Gasteiger partial charge in [-0.25, -0.2) is 17.2 Å². The van der Waals surface area contributed by atoms with Crippen LogP contribution in [0.1, 0.15) is 85.2 Å². The van der Waals surface area contributed by atoms with Crippen molar-refractivity contribution in [3.8, 4) is 0 Å². The van der Waals surface area contributed by atoms with Crippen molar-refractivity contribution in [2.75, 3.05) is 6.54 Å². The maximum absolute atomic E-state index is 14.5. The monoisotopic (exact) mass is 585 g/mol. The highest BCUT2D eigenvalue weighted by atomic mass is 32.2. The molecule has 2 atom stereocenters. The number of amides is 1. The zero-order valence-corrected chi connectivity index (χ0v) is 24.9. The van der Waals surface area contributed by atoms with Crippen LogP contribution in [-0.4, -0.2) is 37.1 Å². The molecule has 3 rings (SSSR count). The quantitative estimate of drug-likeness (QED) is 0.192. The molecular weight excluding hydrogens is 544 g/mol. The molecule has 6 nitrogen and oxygen atoms in total. The summed E-state index contributed by atoms with van der Waals surface area (Å²) in [4.78, 5) is 17.2. The Morgan fingerprint density at radius 3 is 2.12 bits per heavy atom. The molecule has 0 aliphatic carbocycles.